The molecule has 2 aliphatic heterocycles. The number of hydrogen-bond acceptors (Lipinski definition) is 7. The first kappa shape index (κ1) is 27.2. The molecule has 0 radical (unpaired) electrons. The van der Waals surface area contributed by atoms with E-state index in [9.17, 15) is 8.78 Å². The van der Waals surface area contributed by atoms with Gasteiger partial charge < -0.3 is 24.6 Å². The third kappa shape index (κ3) is 5.96. The highest BCUT2D eigenvalue weighted by atomic mass is 19.1. The standard InChI is InChI=1S/C29H34F3N5O2/c1-18(2)37-11-13-39-28-24(31)14-20(15-26(28)37)27-25(32)17-33-29(35-27)34-21-4-5-22(23(30)16-21)19-6-8-36(9-7-19)10-12-38-3/h4-5,14-19H,6-13H2,1-3H3,(H,33,34,35). The van der Waals surface area contributed by atoms with Gasteiger partial charge in [0.2, 0.25) is 5.95 Å². The van der Waals surface area contributed by atoms with Crippen LogP contribution in [-0.2, 0) is 4.74 Å². The number of piperidine rings is 1. The molecule has 3 heterocycles. The molecule has 2 aromatic carbocycles. The third-order valence-electron chi connectivity index (χ3n) is 7.45. The number of nitrogens with zero attached hydrogens (tertiary/aromatic N) is 4. The number of fused-ring (bicyclic) bond motifs is 1. The molecule has 0 amide bonds. The molecule has 208 valence electrons. The first-order valence-corrected chi connectivity index (χ1v) is 13.4. The molecule has 1 saturated heterocycles. The zero-order chi connectivity index (χ0) is 27.5. The van der Waals surface area contributed by atoms with Gasteiger partial charge >= 0.3 is 0 Å². The number of aromatic nitrogens is 2. The first-order chi connectivity index (χ1) is 18.8. The van der Waals surface area contributed by atoms with Crippen LogP contribution in [0.2, 0.25) is 0 Å². The summed E-state index contributed by atoms with van der Waals surface area (Å²) in [6.45, 7) is 8.37. The average Bonchev–Trinajstić information content (AvgIpc) is 2.93. The quantitative estimate of drug-likeness (QED) is 0.390. The van der Waals surface area contributed by atoms with Gasteiger partial charge in [-0.05, 0) is 75.5 Å². The highest BCUT2D eigenvalue weighted by Gasteiger charge is 2.26. The Bertz CT molecular complexity index is 1310. The van der Waals surface area contributed by atoms with Crippen LogP contribution in [-0.4, -0.2) is 67.4 Å². The molecule has 1 aromatic heterocycles. The molecule has 5 rings (SSSR count). The Labute approximate surface area is 227 Å². The van der Waals surface area contributed by atoms with Crippen molar-refractivity contribution in [3.05, 3.63) is 59.5 Å². The fourth-order valence-electron chi connectivity index (χ4n) is 5.36. The topological polar surface area (TPSA) is 62.8 Å². The van der Waals surface area contributed by atoms with Crippen molar-refractivity contribution in [3.63, 3.8) is 0 Å². The van der Waals surface area contributed by atoms with Crippen molar-refractivity contribution in [1.29, 1.82) is 0 Å². The number of anilines is 3. The second-order valence-electron chi connectivity index (χ2n) is 10.3. The van der Waals surface area contributed by atoms with Gasteiger partial charge in [-0.15, -0.1) is 0 Å². The largest absolute Gasteiger partial charge is 0.486 e. The van der Waals surface area contributed by atoms with Crippen LogP contribution >= 0.6 is 0 Å². The summed E-state index contributed by atoms with van der Waals surface area (Å²) in [7, 11) is 1.69. The minimum atomic E-state index is -0.689. The zero-order valence-corrected chi connectivity index (χ0v) is 22.5. The molecular weight excluding hydrogens is 507 g/mol. The molecule has 1 fully saturated rings. The van der Waals surface area contributed by atoms with Crippen LogP contribution in [0.15, 0.2) is 36.5 Å². The van der Waals surface area contributed by atoms with Crippen LogP contribution in [0.25, 0.3) is 11.3 Å². The van der Waals surface area contributed by atoms with Crippen molar-refractivity contribution < 1.29 is 22.6 Å². The number of nitrogens with one attached hydrogen (secondary N) is 1. The predicted molar refractivity (Wildman–Crippen MR) is 145 cm³/mol. The Hall–Kier alpha value is -3.37. The van der Waals surface area contributed by atoms with Gasteiger partial charge in [-0.25, -0.2) is 23.1 Å². The van der Waals surface area contributed by atoms with Gasteiger partial charge in [0.1, 0.15) is 18.1 Å². The molecule has 3 aromatic rings. The van der Waals surface area contributed by atoms with E-state index in [1.54, 1.807) is 25.3 Å². The molecule has 7 nitrogen and oxygen atoms in total. The molecule has 0 bridgehead atoms. The Morgan fingerprint density at radius 3 is 2.56 bits per heavy atom. The van der Waals surface area contributed by atoms with Crippen LogP contribution in [0.1, 0.15) is 38.2 Å². The van der Waals surface area contributed by atoms with Crippen LogP contribution in [0, 0.1) is 17.5 Å². The Morgan fingerprint density at radius 1 is 1.05 bits per heavy atom. The smallest absolute Gasteiger partial charge is 0.227 e. The second kappa shape index (κ2) is 11.8. The number of likely N-dealkylation sites (tertiary alicyclic amines) is 1. The summed E-state index contributed by atoms with van der Waals surface area (Å²) in [4.78, 5) is 12.7. The SMILES string of the molecule is COCCN1CCC(c2ccc(Nc3ncc(F)c(-c4cc(F)c5c(c4)N(C(C)C)CCO5)n3)cc2F)CC1. The fraction of sp³-hybridized carbons (Fsp3) is 0.448. The van der Waals surface area contributed by atoms with E-state index >= 15 is 4.39 Å². The van der Waals surface area contributed by atoms with E-state index < -0.39 is 11.6 Å². The molecule has 1 N–H and O–H groups in total. The summed E-state index contributed by atoms with van der Waals surface area (Å²) < 4.78 is 55.6. The molecule has 0 saturated carbocycles. The molecule has 10 heteroatoms. The van der Waals surface area contributed by atoms with Crippen molar-refractivity contribution >= 4 is 17.3 Å². The summed E-state index contributed by atoms with van der Waals surface area (Å²) in [5.41, 5.74) is 1.90. The monoisotopic (exact) mass is 541 g/mol. The highest BCUT2D eigenvalue weighted by Crippen LogP contribution is 2.39. The van der Waals surface area contributed by atoms with Gasteiger partial charge in [-0.2, -0.15) is 0 Å². The van der Waals surface area contributed by atoms with Crippen LogP contribution in [0.4, 0.5) is 30.5 Å². The summed E-state index contributed by atoms with van der Waals surface area (Å²) >= 11 is 0. The minimum Gasteiger partial charge on any atom is -0.486 e. The average molecular weight is 542 g/mol. The summed E-state index contributed by atoms with van der Waals surface area (Å²) in [5, 5.41) is 2.97. The first-order valence-electron chi connectivity index (χ1n) is 13.4. The molecule has 0 aliphatic carbocycles. The second-order valence-corrected chi connectivity index (χ2v) is 10.3. The van der Waals surface area contributed by atoms with Crippen LogP contribution in [0.3, 0.4) is 0 Å². The Morgan fingerprint density at radius 2 is 1.85 bits per heavy atom. The number of methoxy groups -OCH3 is 1. The zero-order valence-electron chi connectivity index (χ0n) is 22.5. The van der Waals surface area contributed by atoms with Gasteiger partial charge in [-0.3, -0.25) is 0 Å². The van der Waals surface area contributed by atoms with Gasteiger partial charge in [0, 0.05) is 30.9 Å². The van der Waals surface area contributed by atoms with Crippen molar-refractivity contribution in [2.24, 2.45) is 0 Å². The normalized spacial score (nSPS) is 16.3. The Kier molecular flexibility index (Phi) is 8.23. The molecule has 0 unspecified atom stereocenters. The Balaban J connectivity index is 1.34. The van der Waals surface area contributed by atoms with Gasteiger partial charge in [0.05, 0.1) is 25.0 Å². The number of halogens is 3. The van der Waals surface area contributed by atoms with Gasteiger partial charge in [-0.1, -0.05) is 6.07 Å². The molecule has 2 aliphatic rings. The van der Waals surface area contributed by atoms with Crippen molar-refractivity contribution in [3.8, 4) is 17.0 Å². The minimum absolute atomic E-state index is 0.0548. The maximum Gasteiger partial charge on any atom is 0.227 e. The molecule has 0 atom stereocenters. The van der Waals surface area contributed by atoms with E-state index in [-0.39, 0.29) is 40.7 Å². The van der Waals surface area contributed by atoms with Crippen LogP contribution in [0.5, 0.6) is 5.75 Å². The summed E-state index contributed by atoms with van der Waals surface area (Å²) in [6, 6.07) is 7.98. The lowest BCUT2D eigenvalue weighted by Gasteiger charge is -2.34. The van der Waals surface area contributed by atoms with Crippen molar-refractivity contribution in [2.75, 3.05) is 56.7 Å². The van der Waals surface area contributed by atoms with E-state index in [0.717, 1.165) is 38.7 Å². The third-order valence-corrected chi connectivity index (χ3v) is 7.45. The molecule has 0 spiro atoms. The lowest BCUT2D eigenvalue weighted by molar-refractivity contribution is 0.130. The van der Waals surface area contributed by atoms with E-state index in [1.807, 2.05) is 18.7 Å². The fourth-order valence-corrected chi connectivity index (χ4v) is 5.36. The number of rotatable bonds is 8. The predicted octanol–water partition coefficient (Wildman–Crippen LogP) is 5.74. The van der Waals surface area contributed by atoms with Crippen molar-refractivity contribution in [2.45, 2.75) is 38.6 Å². The molecular formula is C29H34F3N5O2. The van der Waals surface area contributed by atoms with E-state index in [0.29, 0.717) is 36.7 Å². The summed E-state index contributed by atoms with van der Waals surface area (Å²) in [6.07, 6.45) is 2.80. The van der Waals surface area contributed by atoms with Crippen LogP contribution < -0.4 is 15.0 Å². The number of ether oxygens (including phenoxy) is 2. The number of hydrogen-bond donors (Lipinski definition) is 1. The van der Waals surface area contributed by atoms with Gasteiger partial charge in [0.15, 0.2) is 17.4 Å². The lowest BCUT2D eigenvalue weighted by Crippen LogP contribution is -2.38. The molecule has 39 heavy (non-hydrogen) atoms. The van der Waals surface area contributed by atoms with E-state index in [1.165, 1.54) is 12.1 Å². The highest BCUT2D eigenvalue weighted by molar-refractivity contribution is 5.73. The van der Waals surface area contributed by atoms with E-state index in [4.69, 9.17) is 9.47 Å². The maximum atomic E-state index is 15.1. The van der Waals surface area contributed by atoms with E-state index in [2.05, 4.69) is 20.2 Å². The lowest BCUT2D eigenvalue weighted by atomic mass is 9.89. The van der Waals surface area contributed by atoms with Gasteiger partial charge in [0.25, 0.3) is 0 Å². The maximum absolute atomic E-state index is 15.1. The number of benzene rings is 2. The van der Waals surface area contributed by atoms with Crippen molar-refractivity contribution in [1.82, 2.24) is 14.9 Å². The summed E-state index contributed by atoms with van der Waals surface area (Å²) in [5.74, 6) is -1.18.